The summed E-state index contributed by atoms with van der Waals surface area (Å²) in [6.07, 6.45) is 1.92. The van der Waals surface area contributed by atoms with Gasteiger partial charge in [0.2, 0.25) is 0 Å². The monoisotopic (exact) mass is 345 g/mol. The largest absolute Gasteiger partial charge is 0.491 e. The molecule has 0 bridgehead atoms. The number of ether oxygens (including phenoxy) is 1. The zero-order valence-electron chi connectivity index (χ0n) is 14.5. The summed E-state index contributed by atoms with van der Waals surface area (Å²) in [5, 5.41) is 12.6. The predicted molar refractivity (Wildman–Crippen MR) is 99.9 cm³/mol. The van der Waals surface area contributed by atoms with E-state index in [-0.39, 0.29) is 0 Å². The minimum Gasteiger partial charge on any atom is -0.491 e. The molecule has 0 radical (unpaired) electrons. The number of benzene rings is 1. The van der Waals surface area contributed by atoms with E-state index in [2.05, 4.69) is 42.3 Å². The van der Waals surface area contributed by atoms with Gasteiger partial charge in [-0.3, -0.25) is 4.90 Å². The van der Waals surface area contributed by atoms with Gasteiger partial charge in [-0.2, -0.15) is 0 Å². The Morgan fingerprint density at radius 2 is 2.08 bits per heavy atom. The van der Waals surface area contributed by atoms with Gasteiger partial charge in [0.15, 0.2) is 0 Å². The molecular weight excluding hydrogens is 318 g/mol. The van der Waals surface area contributed by atoms with E-state index in [0.717, 1.165) is 12.3 Å². The maximum atomic E-state index is 10.5. The zero-order chi connectivity index (χ0) is 16.9. The SMILES string of the molecule is CC(C)c1ccccc1OC[C@@H](O)CN1CCC[C@@H]1c1cccs1. The van der Waals surface area contributed by atoms with Crippen LogP contribution < -0.4 is 4.74 Å². The lowest BCUT2D eigenvalue weighted by Gasteiger charge is -2.26. The van der Waals surface area contributed by atoms with Crippen LogP contribution in [0.2, 0.25) is 0 Å². The highest BCUT2D eigenvalue weighted by Crippen LogP contribution is 2.34. The van der Waals surface area contributed by atoms with E-state index in [1.165, 1.54) is 23.3 Å². The van der Waals surface area contributed by atoms with Gasteiger partial charge < -0.3 is 9.84 Å². The molecule has 1 saturated heterocycles. The molecule has 0 aliphatic carbocycles. The second-order valence-electron chi connectivity index (χ2n) is 6.83. The van der Waals surface area contributed by atoms with Crippen LogP contribution in [0, 0.1) is 0 Å². The lowest BCUT2D eigenvalue weighted by molar-refractivity contribution is 0.0639. The summed E-state index contributed by atoms with van der Waals surface area (Å²) in [4.78, 5) is 3.81. The summed E-state index contributed by atoms with van der Waals surface area (Å²) in [6, 6.07) is 12.9. The Labute approximate surface area is 148 Å². The van der Waals surface area contributed by atoms with Crippen LogP contribution in [-0.2, 0) is 0 Å². The van der Waals surface area contributed by atoms with Crippen molar-refractivity contribution in [2.24, 2.45) is 0 Å². The van der Waals surface area contributed by atoms with Gasteiger partial charge in [0.1, 0.15) is 18.5 Å². The molecule has 0 saturated carbocycles. The third kappa shape index (κ3) is 4.18. The van der Waals surface area contributed by atoms with Crippen molar-refractivity contribution in [3.05, 3.63) is 52.2 Å². The number of para-hydroxylation sites is 1. The summed E-state index contributed by atoms with van der Waals surface area (Å²) < 4.78 is 5.92. The lowest BCUT2D eigenvalue weighted by Crippen LogP contribution is -2.35. The van der Waals surface area contributed by atoms with E-state index in [4.69, 9.17) is 4.74 Å². The number of β-amino-alcohol motifs (C(OH)–C–C–N with tert-alkyl or cyclic N) is 1. The van der Waals surface area contributed by atoms with Crippen LogP contribution in [-0.4, -0.2) is 35.8 Å². The molecule has 1 N–H and O–H groups in total. The molecule has 4 heteroatoms. The van der Waals surface area contributed by atoms with E-state index in [1.54, 1.807) is 0 Å². The molecule has 24 heavy (non-hydrogen) atoms. The van der Waals surface area contributed by atoms with Crippen LogP contribution in [0.4, 0.5) is 0 Å². The molecule has 1 aromatic heterocycles. The van der Waals surface area contributed by atoms with Crippen molar-refractivity contribution in [1.29, 1.82) is 0 Å². The molecule has 3 nitrogen and oxygen atoms in total. The Morgan fingerprint density at radius 1 is 1.25 bits per heavy atom. The Bertz CT molecular complexity index is 626. The number of nitrogens with zero attached hydrogens (tertiary/aromatic N) is 1. The van der Waals surface area contributed by atoms with Gasteiger partial charge in [-0.25, -0.2) is 0 Å². The summed E-state index contributed by atoms with van der Waals surface area (Å²) >= 11 is 1.81. The third-order valence-electron chi connectivity index (χ3n) is 4.65. The molecule has 0 spiro atoms. The second-order valence-corrected chi connectivity index (χ2v) is 7.81. The van der Waals surface area contributed by atoms with Crippen LogP contribution in [0.5, 0.6) is 5.75 Å². The van der Waals surface area contributed by atoms with E-state index in [1.807, 2.05) is 29.5 Å². The van der Waals surface area contributed by atoms with Gasteiger partial charge in [-0.1, -0.05) is 38.1 Å². The van der Waals surface area contributed by atoms with Gasteiger partial charge >= 0.3 is 0 Å². The summed E-state index contributed by atoms with van der Waals surface area (Å²) in [5.41, 5.74) is 1.20. The van der Waals surface area contributed by atoms with Crippen molar-refractivity contribution < 1.29 is 9.84 Å². The quantitative estimate of drug-likeness (QED) is 0.805. The molecule has 1 aliphatic heterocycles. The highest BCUT2D eigenvalue weighted by atomic mass is 32.1. The van der Waals surface area contributed by atoms with Crippen LogP contribution in [0.15, 0.2) is 41.8 Å². The van der Waals surface area contributed by atoms with Gasteiger partial charge in [0, 0.05) is 17.5 Å². The standard InChI is InChI=1S/C20H27NO2S/c1-15(2)17-7-3-4-9-19(17)23-14-16(22)13-21-11-5-8-18(21)20-10-6-12-24-20/h3-4,6-7,9-10,12,15-16,18,22H,5,8,11,13-14H2,1-2H3/t16-,18+/m0/s1. The fourth-order valence-electron chi connectivity index (χ4n) is 3.45. The first-order valence-corrected chi connectivity index (χ1v) is 9.70. The van der Waals surface area contributed by atoms with Crippen LogP contribution in [0.3, 0.4) is 0 Å². The lowest BCUT2D eigenvalue weighted by atomic mass is 10.0. The number of rotatable bonds is 7. The molecule has 130 valence electrons. The fourth-order valence-corrected chi connectivity index (χ4v) is 4.34. The molecule has 2 aromatic rings. The molecule has 1 fully saturated rings. The van der Waals surface area contributed by atoms with E-state index < -0.39 is 6.10 Å². The Balaban J connectivity index is 1.55. The fraction of sp³-hybridized carbons (Fsp3) is 0.500. The molecule has 1 aliphatic rings. The minimum atomic E-state index is -0.467. The molecule has 0 amide bonds. The number of aliphatic hydroxyl groups excluding tert-OH is 1. The maximum absolute atomic E-state index is 10.5. The summed E-state index contributed by atoms with van der Waals surface area (Å²) in [6.45, 7) is 6.40. The predicted octanol–water partition coefficient (Wildman–Crippen LogP) is 4.45. The smallest absolute Gasteiger partial charge is 0.122 e. The van der Waals surface area contributed by atoms with Crippen molar-refractivity contribution >= 4 is 11.3 Å². The van der Waals surface area contributed by atoms with Crippen molar-refractivity contribution in [3.8, 4) is 5.75 Å². The van der Waals surface area contributed by atoms with E-state index in [9.17, 15) is 5.11 Å². The maximum Gasteiger partial charge on any atom is 0.122 e. The molecule has 1 aromatic carbocycles. The molecule has 2 atom stereocenters. The van der Waals surface area contributed by atoms with Gasteiger partial charge in [-0.05, 0) is 48.4 Å². The number of thiophene rings is 1. The number of likely N-dealkylation sites (tertiary alicyclic amines) is 1. The first-order valence-electron chi connectivity index (χ1n) is 8.82. The summed E-state index contributed by atoms with van der Waals surface area (Å²) in [7, 11) is 0. The minimum absolute atomic E-state index is 0.345. The van der Waals surface area contributed by atoms with Gasteiger partial charge in [0.25, 0.3) is 0 Å². The topological polar surface area (TPSA) is 32.7 Å². The Kier molecular flexibility index (Phi) is 5.93. The van der Waals surface area contributed by atoms with Crippen molar-refractivity contribution in [2.45, 2.75) is 44.8 Å². The van der Waals surface area contributed by atoms with E-state index >= 15 is 0 Å². The van der Waals surface area contributed by atoms with E-state index in [0.29, 0.717) is 25.1 Å². The first kappa shape index (κ1) is 17.5. The highest BCUT2D eigenvalue weighted by molar-refractivity contribution is 7.10. The Morgan fingerprint density at radius 3 is 2.83 bits per heavy atom. The van der Waals surface area contributed by atoms with Gasteiger partial charge in [0.05, 0.1) is 0 Å². The average Bonchev–Trinajstić information content (AvgIpc) is 3.24. The normalized spacial score (nSPS) is 19.8. The third-order valence-corrected chi connectivity index (χ3v) is 5.63. The van der Waals surface area contributed by atoms with Crippen LogP contribution in [0.1, 0.15) is 49.1 Å². The number of hydrogen-bond acceptors (Lipinski definition) is 4. The average molecular weight is 346 g/mol. The second kappa shape index (κ2) is 8.15. The number of hydrogen-bond donors (Lipinski definition) is 1. The molecule has 2 heterocycles. The zero-order valence-corrected chi connectivity index (χ0v) is 15.3. The Hall–Kier alpha value is -1.36. The molecular formula is C20H27NO2S. The van der Waals surface area contributed by atoms with Crippen molar-refractivity contribution in [1.82, 2.24) is 4.90 Å². The van der Waals surface area contributed by atoms with Crippen LogP contribution >= 0.6 is 11.3 Å². The first-order chi connectivity index (χ1) is 11.6. The van der Waals surface area contributed by atoms with Crippen molar-refractivity contribution in [2.75, 3.05) is 19.7 Å². The van der Waals surface area contributed by atoms with Crippen LogP contribution in [0.25, 0.3) is 0 Å². The van der Waals surface area contributed by atoms with Crippen molar-refractivity contribution in [3.63, 3.8) is 0 Å². The highest BCUT2D eigenvalue weighted by Gasteiger charge is 2.28. The number of aliphatic hydroxyl groups is 1. The van der Waals surface area contributed by atoms with Gasteiger partial charge in [-0.15, -0.1) is 11.3 Å². The molecule has 3 rings (SSSR count). The molecule has 0 unspecified atom stereocenters. The summed E-state index contributed by atoms with van der Waals surface area (Å²) in [5.74, 6) is 1.31.